The first kappa shape index (κ1) is 15.5. The third-order valence-corrected chi connectivity index (χ3v) is 3.82. The monoisotopic (exact) mass is 330 g/mol. The first-order valence-corrected chi connectivity index (χ1v) is 7.52. The van der Waals surface area contributed by atoms with Crippen molar-refractivity contribution in [1.82, 2.24) is 4.98 Å². The van der Waals surface area contributed by atoms with Crippen LogP contribution in [0, 0.1) is 0 Å². The molecule has 0 spiro atoms. The van der Waals surface area contributed by atoms with Crippen LogP contribution in [0.15, 0.2) is 36.5 Å². The van der Waals surface area contributed by atoms with Crippen LogP contribution in [-0.2, 0) is 0 Å². The Balaban J connectivity index is 1.88. The van der Waals surface area contributed by atoms with Gasteiger partial charge in [-0.1, -0.05) is 11.6 Å². The number of amides is 1. The number of carbonyl (C=O) groups is 2. The minimum Gasteiger partial charge on any atom is -0.487 e. The van der Waals surface area contributed by atoms with Crippen molar-refractivity contribution in [2.45, 2.75) is 25.9 Å². The smallest absolute Gasteiger partial charge is 0.255 e. The summed E-state index contributed by atoms with van der Waals surface area (Å²) in [6.07, 6.45) is 1.81. The summed E-state index contributed by atoms with van der Waals surface area (Å²) in [7, 11) is 0. The SMILES string of the molecule is CC1(C)CC(=O)c2cc(C(=O)Nc3cccnc3Cl)ccc2O1. The zero-order valence-electron chi connectivity index (χ0n) is 12.7. The number of nitrogens with zero attached hydrogens (tertiary/aromatic N) is 1. The Morgan fingerprint density at radius 1 is 1.35 bits per heavy atom. The number of hydrogen-bond acceptors (Lipinski definition) is 4. The number of pyridine rings is 1. The highest BCUT2D eigenvalue weighted by Gasteiger charge is 2.32. The minimum atomic E-state index is -0.531. The maximum Gasteiger partial charge on any atom is 0.255 e. The van der Waals surface area contributed by atoms with Crippen molar-refractivity contribution in [3.8, 4) is 5.75 Å². The van der Waals surface area contributed by atoms with E-state index in [1.807, 2.05) is 13.8 Å². The van der Waals surface area contributed by atoms with Gasteiger partial charge in [-0.05, 0) is 44.2 Å². The molecule has 0 aliphatic carbocycles. The van der Waals surface area contributed by atoms with Crippen LogP contribution in [0.5, 0.6) is 5.75 Å². The predicted octanol–water partition coefficient (Wildman–Crippen LogP) is 3.73. The molecule has 3 rings (SSSR count). The second-order valence-electron chi connectivity index (χ2n) is 5.97. The molecule has 1 aromatic heterocycles. The van der Waals surface area contributed by atoms with Crippen molar-refractivity contribution >= 4 is 29.0 Å². The number of rotatable bonds is 2. The summed E-state index contributed by atoms with van der Waals surface area (Å²) in [6.45, 7) is 3.72. The zero-order chi connectivity index (χ0) is 16.6. The van der Waals surface area contributed by atoms with Gasteiger partial charge in [0.2, 0.25) is 0 Å². The van der Waals surface area contributed by atoms with Gasteiger partial charge in [0.05, 0.1) is 17.7 Å². The molecule has 1 aliphatic heterocycles. The minimum absolute atomic E-state index is 0.0367. The Morgan fingerprint density at radius 3 is 2.87 bits per heavy atom. The van der Waals surface area contributed by atoms with E-state index in [0.717, 1.165) is 0 Å². The molecule has 1 aliphatic rings. The number of ketones is 1. The molecular weight excluding hydrogens is 316 g/mol. The molecule has 118 valence electrons. The summed E-state index contributed by atoms with van der Waals surface area (Å²) in [4.78, 5) is 28.5. The number of benzene rings is 1. The Morgan fingerprint density at radius 2 is 2.13 bits per heavy atom. The van der Waals surface area contributed by atoms with Gasteiger partial charge < -0.3 is 10.1 Å². The maximum atomic E-state index is 12.3. The lowest BCUT2D eigenvalue weighted by Gasteiger charge is -2.31. The van der Waals surface area contributed by atoms with Gasteiger partial charge in [0.25, 0.3) is 5.91 Å². The first-order valence-electron chi connectivity index (χ1n) is 7.14. The lowest BCUT2D eigenvalue weighted by Crippen LogP contribution is -2.36. The Bertz CT molecular complexity index is 802. The fourth-order valence-electron chi connectivity index (χ4n) is 2.47. The van der Waals surface area contributed by atoms with E-state index in [0.29, 0.717) is 22.6 Å². The molecule has 0 fully saturated rings. The molecule has 2 heterocycles. The Kier molecular flexibility index (Phi) is 3.82. The van der Waals surface area contributed by atoms with Gasteiger partial charge in [-0.3, -0.25) is 9.59 Å². The normalized spacial score (nSPS) is 15.5. The van der Waals surface area contributed by atoms with Crippen LogP contribution in [0.25, 0.3) is 0 Å². The van der Waals surface area contributed by atoms with Gasteiger partial charge in [0.15, 0.2) is 10.9 Å². The number of hydrogen-bond donors (Lipinski definition) is 1. The number of Topliss-reactive ketones (excluding diaryl/α,β-unsaturated/α-hetero) is 1. The van der Waals surface area contributed by atoms with Crippen LogP contribution < -0.4 is 10.1 Å². The Labute approximate surface area is 138 Å². The van der Waals surface area contributed by atoms with Crippen LogP contribution in [0.4, 0.5) is 5.69 Å². The van der Waals surface area contributed by atoms with Gasteiger partial charge in [0.1, 0.15) is 11.4 Å². The van der Waals surface area contributed by atoms with E-state index in [-0.39, 0.29) is 23.3 Å². The summed E-state index contributed by atoms with van der Waals surface area (Å²) < 4.78 is 5.78. The molecule has 5 nitrogen and oxygen atoms in total. The third kappa shape index (κ3) is 3.19. The molecule has 1 amide bonds. The van der Waals surface area contributed by atoms with Crippen molar-refractivity contribution in [2.24, 2.45) is 0 Å². The molecule has 0 atom stereocenters. The number of ether oxygens (including phenoxy) is 1. The quantitative estimate of drug-likeness (QED) is 0.852. The topological polar surface area (TPSA) is 68.3 Å². The van der Waals surface area contributed by atoms with Crippen LogP contribution in [0.2, 0.25) is 5.15 Å². The van der Waals surface area contributed by atoms with Crippen molar-refractivity contribution < 1.29 is 14.3 Å². The number of carbonyl (C=O) groups excluding carboxylic acids is 2. The third-order valence-electron chi connectivity index (χ3n) is 3.52. The lowest BCUT2D eigenvalue weighted by atomic mass is 9.92. The number of aromatic nitrogens is 1. The van der Waals surface area contributed by atoms with Crippen molar-refractivity contribution in [1.29, 1.82) is 0 Å². The van der Waals surface area contributed by atoms with E-state index in [2.05, 4.69) is 10.3 Å². The van der Waals surface area contributed by atoms with Crippen molar-refractivity contribution in [3.05, 3.63) is 52.8 Å². The lowest BCUT2D eigenvalue weighted by molar-refractivity contribution is 0.0620. The largest absolute Gasteiger partial charge is 0.487 e. The fraction of sp³-hybridized carbons (Fsp3) is 0.235. The van der Waals surface area contributed by atoms with Gasteiger partial charge in [-0.15, -0.1) is 0 Å². The van der Waals surface area contributed by atoms with Crippen LogP contribution in [0.1, 0.15) is 41.0 Å². The highest BCUT2D eigenvalue weighted by atomic mass is 35.5. The highest BCUT2D eigenvalue weighted by molar-refractivity contribution is 6.32. The summed E-state index contributed by atoms with van der Waals surface area (Å²) in [5.74, 6) is 0.104. The predicted molar refractivity (Wildman–Crippen MR) is 87.3 cm³/mol. The van der Waals surface area contributed by atoms with Crippen LogP contribution >= 0.6 is 11.6 Å². The molecule has 23 heavy (non-hydrogen) atoms. The van der Waals surface area contributed by atoms with E-state index in [9.17, 15) is 9.59 Å². The molecule has 1 aromatic carbocycles. The summed E-state index contributed by atoms with van der Waals surface area (Å²) in [5, 5.41) is 2.89. The Hall–Kier alpha value is -2.40. The molecule has 0 saturated carbocycles. The van der Waals surface area contributed by atoms with Gasteiger partial charge in [0, 0.05) is 11.8 Å². The molecule has 6 heteroatoms. The molecule has 2 aromatic rings. The van der Waals surface area contributed by atoms with E-state index in [1.165, 1.54) is 6.20 Å². The van der Waals surface area contributed by atoms with E-state index in [1.54, 1.807) is 30.3 Å². The summed E-state index contributed by atoms with van der Waals surface area (Å²) in [5.41, 5.74) is 0.673. The second kappa shape index (κ2) is 5.66. The van der Waals surface area contributed by atoms with Crippen molar-refractivity contribution in [3.63, 3.8) is 0 Å². The van der Waals surface area contributed by atoms with E-state index in [4.69, 9.17) is 16.3 Å². The molecule has 0 radical (unpaired) electrons. The summed E-state index contributed by atoms with van der Waals surface area (Å²) >= 11 is 5.93. The van der Waals surface area contributed by atoms with Crippen LogP contribution in [0.3, 0.4) is 0 Å². The number of anilines is 1. The zero-order valence-corrected chi connectivity index (χ0v) is 13.5. The van der Waals surface area contributed by atoms with Crippen LogP contribution in [-0.4, -0.2) is 22.3 Å². The van der Waals surface area contributed by atoms with Gasteiger partial charge in [-0.25, -0.2) is 4.98 Å². The van der Waals surface area contributed by atoms with E-state index >= 15 is 0 Å². The molecular formula is C17H15ClN2O3. The average molecular weight is 331 g/mol. The molecule has 0 saturated heterocycles. The second-order valence-corrected chi connectivity index (χ2v) is 6.33. The standard InChI is InChI=1S/C17H15ClN2O3/c1-17(2)9-13(21)11-8-10(5-6-14(11)23-17)16(22)20-12-4-3-7-19-15(12)18/h3-8H,9H2,1-2H3,(H,20,22). The average Bonchev–Trinajstić information content (AvgIpc) is 2.48. The maximum absolute atomic E-state index is 12.3. The highest BCUT2D eigenvalue weighted by Crippen LogP contribution is 2.33. The van der Waals surface area contributed by atoms with Gasteiger partial charge >= 0.3 is 0 Å². The number of nitrogens with one attached hydrogen (secondary N) is 1. The fourth-order valence-corrected chi connectivity index (χ4v) is 2.63. The van der Waals surface area contributed by atoms with Crippen molar-refractivity contribution in [2.75, 3.05) is 5.32 Å². The molecule has 1 N–H and O–H groups in total. The molecule has 0 unspecified atom stereocenters. The number of fused-ring (bicyclic) bond motifs is 1. The number of halogens is 1. The molecule has 0 bridgehead atoms. The first-order chi connectivity index (χ1) is 10.9. The van der Waals surface area contributed by atoms with E-state index < -0.39 is 5.60 Å². The van der Waals surface area contributed by atoms with Gasteiger partial charge in [-0.2, -0.15) is 0 Å². The summed E-state index contributed by atoms with van der Waals surface area (Å²) in [6, 6.07) is 8.14.